The fraction of sp³-hybridized carbons (Fsp3) is 0.391. The van der Waals surface area contributed by atoms with Crippen LogP contribution in [0.15, 0.2) is 36.4 Å². The summed E-state index contributed by atoms with van der Waals surface area (Å²) in [5.74, 6) is -1.66. The third-order valence-electron chi connectivity index (χ3n) is 5.35. The summed E-state index contributed by atoms with van der Waals surface area (Å²) in [6.45, 7) is 4.02. The second-order valence-electron chi connectivity index (χ2n) is 8.06. The van der Waals surface area contributed by atoms with Crippen molar-refractivity contribution in [2.24, 2.45) is 5.92 Å². The summed E-state index contributed by atoms with van der Waals surface area (Å²) in [7, 11) is 1.55. The van der Waals surface area contributed by atoms with Gasteiger partial charge in [0.15, 0.2) is 0 Å². The molecule has 2 atom stereocenters. The molecule has 1 radical (unpaired) electrons. The summed E-state index contributed by atoms with van der Waals surface area (Å²) >= 11 is -0.849. The molecule has 0 fully saturated rings. The minimum atomic E-state index is -0.986. The maximum atomic E-state index is 12.9. The molecule has 0 spiro atoms. The number of carboxylic acid groups (broad SMARTS) is 1. The van der Waals surface area contributed by atoms with Gasteiger partial charge in [0.2, 0.25) is 0 Å². The SMILES string of the molecule is CNC(=O)[C@H](CC(C)C)[As][C@H](CCN1C(=O)c2cc3ccccc3cc2C1=O)C(=O)O. The summed E-state index contributed by atoms with van der Waals surface area (Å²) in [5, 5.41) is 14.1. The van der Waals surface area contributed by atoms with Gasteiger partial charge in [-0.3, -0.25) is 0 Å². The van der Waals surface area contributed by atoms with Gasteiger partial charge in [-0.1, -0.05) is 0 Å². The van der Waals surface area contributed by atoms with Gasteiger partial charge in [0, 0.05) is 0 Å². The molecule has 7 nitrogen and oxygen atoms in total. The Morgan fingerprint density at radius 3 is 2.03 bits per heavy atom. The van der Waals surface area contributed by atoms with Crippen molar-refractivity contribution < 1.29 is 24.3 Å². The average molecular weight is 485 g/mol. The van der Waals surface area contributed by atoms with Crippen molar-refractivity contribution in [1.82, 2.24) is 10.2 Å². The first-order valence-corrected chi connectivity index (χ1v) is 12.4. The van der Waals surface area contributed by atoms with Crippen molar-refractivity contribution in [1.29, 1.82) is 0 Å². The number of nitrogens with one attached hydrogen (secondary N) is 1. The van der Waals surface area contributed by atoms with Crippen molar-refractivity contribution in [2.75, 3.05) is 13.6 Å². The molecule has 2 N–H and O–H groups in total. The van der Waals surface area contributed by atoms with Gasteiger partial charge in [-0.25, -0.2) is 0 Å². The van der Waals surface area contributed by atoms with E-state index < -0.39 is 38.2 Å². The Kier molecular flexibility index (Phi) is 7.16. The molecule has 0 bridgehead atoms. The Labute approximate surface area is 187 Å². The van der Waals surface area contributed by atoms with E-state index in [4.69, 9.17) is 0 Å². The predicted octanol–water partition coefficient (Wildman–Crippen LogP) is 2.98. The third kappa shape index (κ3) is 4.98. The van der Waals surface area contributed by atoms with E-state index in [0.717, 1.165) is 15.7 Å². The number of rotatable bonds is 9. The van der Waals surface area contributed by atoms with E-state index in [-0.39, 0.29) is 29.5 Å². The standard InChI is InChI=1S/C23H26AsN2O5/c1-13(2)10-19(20(27)25-3)24-18(23(30)31)8-9-26-21(28)16-11-14-6-4-5-7-15(14)12-17(16)22(26)29/h4-7,11-13,18-19H,8-10H2,1-3H3,(H,25,27)(H,30,31)/t18-,19+/m1/s1. The molecule has 3 rings (SSSR count). The molecular formula is C23H26AsN2O5. The summed E-state index contributed by atoms with van der Waals surface area (Å²) in [6, 6.07) is 10.9. The molecule has 1 aliphatic rings. The molecule has 2 aromatic carbocycles. The first kappa shape index (κ1) is 23.0. The van der Waals surface area contributed by atoms with E-state index in [1.54, 1.807) is 19.2 Å². The van der Waals surface area contributed by atoms with E-state index >= 15 is 0 Å². The molecular weight excluding hydrogens is 459 g/mol. The molecule has 1 aliphatic heterocycles. The minimum absolute atomic E-state index is 0.0252. The Morgan fingerprint density at radius 1 is 1.03 bits per heavy atom. The number of carboxylic acids is 1. The summed E-state index contributed by atoms with van der Waals surface area (Å²) < 4.78 is -1.07. The second-order valence-corrected chi connectivity index (χ2v) is 11.3. The van der Waals surface area contributed by atoms with Crippen LogP contribution in [0.2, 0.25) is 9.41 Å². The number of carbonyl (C=O) groups excluding carboxylic acids is 3. The van der Waals surface area contributed by atoms with Crippen LogP contribution in [0.3, 0.4) is 0 Å². The Bertz CT molecular complexity index is 981. The van der Waals surface area contributed by atoms with Crippen LogP contribution in [-0.4, -0.2) is 63.0 Å². The number of carbonyl (C=O) groups is 4. The van der Waals surface area contributed by atoms with Crippen molar-refractivity contribution >= 4 is 50.2 Å². The zero-order chi connectivity index (χ0) is 22.7. The van der Waals surface area contributed by atoms with Gasteiger partial charge < -0.3 is 0 Å². The maximum absolute atomic E-state index is 12.9. The fourth-order valence-corrected chi connectivity index (χ4v) is 7.19. The molecule has 2 aromatic rings. The quantitative estimate of drug-likeness (QED) is 0.420. The van der Waals surface area contributed by atoms with Gasteiger partial charge in [0.25, 0.3) is 0 Å². The molecule has 0 saturated heterocycles. The molecule has 3 amide bonds. The van der Waals surface area contributed by atoms with E-state index in [1.165, 1.54) is 0 Å². The molecule has 0 aliphatic carbocycles. The van der Waals surface area contributed by atoms with Gasteiger partial charge >= 0.3 is 188 Å². The van der Waals surface area contributed by atoms with E-state index in [0.29, 0.717) is 17.5 Å². The number of nitrogens with zero attached hydrogens (tertiary/aromatic N) is 1. The van der Waals surface area contributed by atoms with E-state index in [2.05, 4.69) is 5.32 Å². The Balaban J connectivity index is 1.75. The van der Waals surface area contributed by atoms with Crippen LogP contribution < -0.4 is 5.32 Å². The van der Waals surface area contributed by atoms with Crippen LogP contribution in [0.25, 0.3) is 10.8 Å². The molecule has 0 unspecified atom stereocenters. The number of benzene rings is 2. The first-order chi connectivity index (χ1) is 14.7. The molecule has 0 aromatic heterocycles. The normalized spacial score (nSPS) is 15.7. The predicted molar refractivity (Wildman–Crippen MR) is 118 cm³/mol. The van der Waals surface area contributed by atoms with Crippen LogP contribution in [0, 0.1) is 5.92 Å². The number of amides is 3. The van der Waals surface area contributed by atoms with Crippen LogP contribution in [0.4, 0.5) is 0 Å². The summed E-state index contributed by atoms with van der Waals surface area (Å²) in [6.07, 6.45) is 0.759. The average Bonchev–Trinajstić information content (AvgIpc) is 2.97. The number of aliphatic carboxylic acids is 1. The van der Waals surface area contributed by atoms with Crippen LogP contribution in [-0.2, 0) is 9.59 Å². The van der Waals surface area contributed by atoms with Gasteiger partial charge in [-0.2, -0.15) is 0 Å². The third-order valence-corrected chi connectivity index (χ3v) is 8.80. The van der Waals surface area contributed by atoms with Crippen LogP contribution in [0.1, 0.15) is 47.4 Å². The van der Waals surface area contributed by atoms with Crippen LogP contribution >= 0.6 is 0 Å². The van der Waals surface area contributed by atoms with Crippen molar-refractivity contribution in [2.45, 2.75) is 36.1 Å². The van der Waals surface area contributed by atoms with Gasteiger partial charge in [-0.15, -0.1) is 0 Å². The number of hydrogen-bond donors (Lipinski definition) is 2. The summed E-state index contributed by atoms with van der Waals surface area (Å²) in [4.78, 5) is 51.0. The molecule has 31 heavy (non-hydrogen) atoms. The molecule has 0 saturated carbocycles. The van der Waals surface area contributed by atoms with Crippen molar-refractivity contribution in [3.63, 3.8) is 0 Å². The topological polar surface area (TPSA) is 104 Å². The summed E-state index contributed by atoms with van der Waals surface area (Å²) in [5.41, 5.74) is 0.707. The second kappa shape index (κ2) is 9.65. The monoisotopic (exact) mass is 485 g/mol. The van der Waals surface area contributed by atoms with Gasteiger partial charge in [0.1, 0.15) is 0 Å². The molecule has 8 heteroatoms. The molecule has 1 heterocycles. The fourth-order valence-electron chi connectivity index (χ4n) is 3.76. The number of fused-ring (bicyclic) bond motifs is 2. The number of hydrogen-bond acceptors (Lipinski definition) is 4. The molecule has 163 valence electrons. The zero-order valence-electron chi connectivity index (χ0n) is 17.8. The Morgan fingerprint density at radius 2 is 1.58 bits per heavy atom. The van der Waals surface area contributed by atoms with Crippen molar-refractivity contribution in [3.05, 3.63) is 47.5 Å². The van der Waals surface area contributed by atoms with Gasteiger partial charge in [-0.05, 0) is 0 Å². The van der Waals surface area contributed by atoms with Crippen molar-refractivity contribution in [3.8, 4) is 0 Å². The first-order valence-electron chi connectivity index (χ1n) is 10.3. The van der Waals surface area contributed by atoms with Gasteiger partial charge in [0.05, 0.1) is 0 Å². The Hall–Kier alpha value is -2.66. The van der Waals surface area contributed by atoms with E-state index in [9.17, 15) is 24.3 Å². The number of imide groups is 1. The van der Waals surface area contributed by atoms with Crippen LogP contribution in [0.5, 0.6) is 0 Å². The van der Waals surface area contributed by atoms with E-state index in [1.807, 2.05) is 38.1 Å². The zero-order valence-corrected chi connectivity index (χ0v) is 19.7.